The molecule has 10 nitrogen and oxygen atoms in total. The number of hydrogen-bond acceptors (Lipinski definition) is 8. The van der Waals surface area contributed by atoms with Crippen LogP contribution in [-0.4, -0.2) is 51.2 Å². The number of benzene rings is 3. The molecule has 1 aliphatic heterocycles. The smallest absolute Gasteiger partial charge is 0.445 e. The van der Waals surface area contributed by atoms with Gasteiger partial charge in [0.1, 0.15) is 19.3 Å². The lowest BCUT2D eigenvalue weighted by atomic mass is 9.94. The highest BCUT2D eigenvalue weighted by molar-refractivity contribution is 9.10. The Morgan fingerprint density at radius 3 is 2.30 bits per heavy atom. The first-order valence-electron chi connectivity index (χ1n) is 14.0. The van der Waals surface area contributed by atoms with Crippen molar-refractivity contribution in [3.63, 3.8) is 0 Å². The summed E-state index contributed by atoms with van der Waals surface area (Å²) in [5.74, 6) is -0.365. The minimum Gasteiger partial charge on any atom is -0.445 e. The van der Waals surface area contributed by atoms with Gasteiger partial charge in [0, 0.05) is 17.4 Å². The van der Waals surface area contributed by atoms with Gasteiger partial charge in [0.25, 0.3) is 5.56 Å². The number of likely N-dealkylation sites (tertiary alicyclic amines) is 1. The third-order valence-electron chi connectivity index (χ3n) is 7.25. The van der Waals surface area contributed by atoms with E-state index < -0.39 is 30.0 Å². The fraction of sp³-hybridized carbons (Fsp3) is 0.281. The zero-order valence-corrected chi connectivity index (χ0v) is 25.9. The van der Waals surface area contributed by atoms with Gasteiger partial charge in [-0.2, -0.15) is 0 Å². The molecule has 1 aliphatic rings. The number of nitrogens with zero attached hydrogens (tertiary/aromatic N) is 3. The van der Waals surface area contributed by atoms with E-state index in [0.29, 0.717) is 34.4 Å². The predicted molar refractivity (Wildman–Crippen MR) is 166 cm³/mol. The van der Waals surface area contributed by atoms with Gasteiger partial charge >= 0.3 is 12.2 Å². The van der Waals surface area contributed by atoms with Crippen molar-refractivity contribution in [2.75, 3.05) is 6.54 Å². The summed E-state index contributed by atoms with van der Waals surface area (Å²) in [6.07, 6.45) is -0.343. The summed E-state index contributed by atoms with van der Waals surface area (Å²) in [7, 11) is 0. The minimum atomic E-state index is -0.909. The van der Waals surface area contributed by atoms with Crippen molar-refractivity contribution in [1.29, 1.82) is 0 Å². The molecular formula is C32H29BrClN3O7. The molecule has 0 saturated carbocycles. The van der Waals surface area contributed by atoms with Crippen molar-refractivity contribution >= 4 is 56.5 Å². The predicted octanol–water partition coefficient (Wildman–Crippen LogP) is 6.29. The summed E-state index contributed by atoms with van der Waals surface area (Å²) in [6, 6.07) is 20.6. The highest BCUT2D eigenvalue weighted by Crippen LogP contribution is 2.27. The monoisotopic (exact) mass is 681 g/mol. The molecule has 1 saturated heterocycles. The van der Waals surface area contributed by atoms with Gasteiger partial charge in [-0.15, -0.1) is 0 Å². The number of ether oxygens (including phenoxy) is 3. The molecule has 1 amide bonds. The van der Waals surface area contributed by atoms with Crippen LogP contribution in [0.1, 0.15) is 30.4 Å². The molecule has 1 fully saturated rings. The molecule has 2 heterocycles. The number of halogens is 2. The molecule has 1 aromatic heterocycles. The zero-order valence-electron chi connectivity index (χ0n) is 23.6. The molecule has 1 unspecified atom stereocenters. The Balaban J connectivity index is 1.32. The normalized spacial score (nSPS) is 16.4. The van der Waals surface area contributed by atoms with Crippen LogP contribution in [0.15, 0.2) is 88.4 Å². The first kappa shape index (κ1) is 31.2. The van der Waals surface area contributed by atoms with Crippen LogP contribution in [0.2, 0.25) is 5.02 Å². The molecule has 12 heteroatoms. The van der Waals surface area contributed by atoms with Crippen molar-refractivity contribution in [2.24, 2.45) is 0 Å². The number of hydrogen-bond donors (Lipinski definition) is 0. The van der Waals surface area contributed by atoms with Crippen LogP contribution >= 0.6 is 27.5 Å². The Labute approximate surface area is 266 Å². The number of Topliss-reactive ketones (excluding diaryl/α,β-unsaturated/α-hetero) is 1. The van der Waals surface area contributed by atoms with E-state index in [0.717, 1.165) is 11.1 Å². The lowest BCUT2D eigenvalue weighted by Gasteiger charge is -2.39. The maximum atomic E-state index is 13.4. The fourth-order valence-electron chi connectivity index (χ4n) is 5.06. The molecule has 228 valence electrons. The van der Waals surface area contributed by atoms with E-state index in [9.17, 15) is 19.2 Å². The number of ketones is 1. The Kier molecular flexibility index (Phi) is 10.3. The Morgan fingerprint density at radius 2 is 1.61 bits per heavy atom. The Hall–Kier alpha value is -4.22. The van der Waals surface area contributed by atoms with Gasteiger partial charge in [-0.1, -0.05) is 72.3 Å². The van der Waals surface area contributed by atoms with E-state index in [1.165, 1.54) is 21.9 Å². The van der Waals surface area contributed by atoms with Crippen molar-refractivity contribution in [2.45, 2.75) is 51.2 Å². The molecule has 44 heavy (non-hydrogen) atoms. The van der Waals surface area contributed by atoms with Crippen molar-refractivity contribution in [3.8, 4) is 0 Å². The molecule has 0 radical (unpaired) electrons. The second-order valence-corrected chi connectivity index (χ2v) is 11.6. The van der Waals surface area contributed by atoms with E-state index in [4.69, 9.17) is 25.8 Å². The van der Waals surface area contributed by atoms with E-state index in [1.54, 1.807) is 6.07 Å². The molecule has 3 aromatic carbocycles. The molecule has 2 atom stereocenters. The third kappa shape index (κ3) is 7.83. The van der Waals surface area contributed by atoms with Gasteiger partial charge in [-0.3, -0.25) is 14.2 Å². The summed E-state index contributed by atoms with van der Waals surface area (Å²) in [5, 5.41) is 0.603. The van der Waals surface area contributed by atoms with Crippen LogP contribution in [0.3, 0.4) is 0 Å². The number of rotatable bonds is 9. The lowest BCUT2D eigenvalue weighted by molar-refractivity contribution is -0.123. The number of carbonyl (C=O) groups excluding carboxylic acids is 3. The molecule has 5 rings (SSSR count). The third-order valence-corrected chi connectivity index (χ3v) is 8.45. The van der Waals surface area contributed by atoms with E-state index in [-0.39, 0.29) is 37.3 Å². The largest absolute Gasteiger partial charge is 0.508 e. The second kappa shape index (κ2) is 14.5. The number of fused-ring (bicyclic) bond motifs is 1. The molecule has 4 aromatic rings. The number of carbonyl (C=O) groups is 3. The molecule has 0 bridgehead atoms. The first-order chi connectivity index (χ1) is 21.3. The van der Waals surface area contributed by atoms with Crippen LogP contribution in [0.5, 0.6) is 0 Å². The summed E-state index contributed by atoms with van der Waals surface area (Å²) in [6.45, 7) is 0.0506. The van der Waals surface area contributed by atoms with Gasteiger partial charge in [0.15, 0.2) is 5.78 Å². The van der Waals surface area contributed by atoms with Crippen molar-refractivity contribution < 1.29 is 28.6 Å². The maximum Gasteiger partial charge on any atom is 0.508 e. The highest BCUT2D eigenvalue weighted by atomic mass is 79.9. The van der Waals surface area contributed by atoms with Gasteiger partial charge in [0.2, 0.25) is 0 Å². The standard InChI is InChI=1S/C32H29BrClN3O7/c33-25-16-27-24(15-26(25)34)30(39)36(20-35-27)17-23(38)14-28-29(44-32(41)43-19-22-10-5-2-6-11-22)12-7-13-37(28)31(40)42-18-21-8-3-1-4-9-21/h1-6,8-11,15-16,20,28-29H,7,12-14,17-19H2/t28-,29?/m1/s1. The average Bonchev–Trinajstić information content (AvgIpc) is 3.03. The van der Waals surface area contributed by atoms with Crippen LogP contribution in [0.4, 0.5) is 9.59 Å². The lowest BCUT2D eigenvalue weighted by Crippen LogP contribution is -2.53. The molecular weight excluding hydrogens is 654 g/mol. The quantitative estimate of drug-likeness (QED) is 0.189. The van der Waals surface area contributed by atoms with Crippen molar-refractivity contribution in [3.05, 3.63) is 110 Å². The average molecular weight is 683 g/mol. The minimum absolute atomic E-state index is 0.0112. The van der Waals surface area contributed by atoms with Gasteiger partial charge in [0.05, 0.1) is 34.8 Å². The summed E-state index contributed by atoms with van der Waals surface area (Å²) < 4.78 is 18.3. The first-order valence-corrected chi connectivity index (χ1v) is 15.2. The zero-order chi connectivity index (χ0) is 31.1. The number of piperidine rings is 1. The number of amides is 1. The summed E-state index contributed by atoms with van der Waals surface area (Å²) in [5.41, 5.74) is 1.59. The van der Waals surface area contributed by atoms with Crippen LogP contribution < -0.4 is 5.56 Å². The summed E-state index contributed by atoms with van der Waals surface area (Å²) in [4.78, 5) is 58.2. The Bertz CT molecular complexity index is 1700. The maximum absolute atomic E-state index is 13.4. The second-order valence-electron chi connectivity index (χ2n) is 10.3. The fourth-order valence-corrected chi connectivity index (χ4v) is 5.55. The van der Waals surface area contributed by atoms with Gasteiger partial charge in [-0.05, 0) is 52.0 Å². The summed E-state index contributed by atoms with van der Waals surface area (Å²) >= 11 is 9.50. The van der Waals surface area contributed by atoms with E-state index in [2.05, 4.69) is 20.9 Å². The van der Waals surface area contributed by atoms with E-state index in [1.807, 2.05) is 60.7 Å². The highest BCUT2D eigenvalue weighted by Gasteiger charge is 2.39. The van der Waals surface area contributed by atoms with Crippen molar-refractivity contribution in [1.82, 2.24) is 14.5 Å². The van der Waals surface area contributed by atoms with Crippen LogP contribution in [0.25, 0.3) is 10.9 Å². The Morgan fingerprint density at radius 1 is 0.955 bits per heavy atom. The number of aromatic nitrogens is 2. The SMILES string of the molecule is O=C(C[C@@H]1C(OC(=O)OCc2ccccc2)CCCN1C(=O)OCc1ccccc1)Cn1cnc2cc(Br)c(Cl)cc2c1=O. The molecule has 0 aliphatic carbocycles. The van der Waals surface area contributed by atoms with Crippen LogP contribution in [-0.2, 0) is 38.8 Å². The van der Waals surface area contributed by atoms with E-state index >= 15 is 0 Å². The van der Waals surface area contributed by atoms with Crippen LogP contribution in [0, 0.1) is 0 Å². The van der Waals surface area contributed by atoms with Gasteiger partial charge in [-0.25, -0.2) is 14.6 Å². The molecule has 0 N–H and O–H groups in total. The van der Waals surface area contributed by atoms with Gasteiger partial charge < -0.3 is 19.1 Å². The topological polar surface area (TPSA) is 117 Å². The molecule has 0 spiro atoms.